The standard InChI is InChI=1S/C34H35N5O5/c1-25-12-10-17-28(20-25)37(3)34(43)39(27-15-8-5-9-16-27)23-33(42)38(22-32(41)36(2)26-13-6-4-7-14-26)29-18-11-19-30(21-29)44-24-31(35)40/h4-21H,22-24H2,1-3H3,(H2,35,40). The highest BCUT2D eigenvalue weighted by Crippen LogP contribution is 2.25. The van der Waals surface area contributed by atoms with Gasteiger partial charge in [-0.15, -0.1) is 0 Å². The Morgan fingerprint density at radius 1 is 0.614 bits per heavy atom. The third-order valence-corrected chi connectivity index (χ3v) is 6.89. The zero-order chi connectivity index (χ0) is 31.6. The summed E-state index contributed by atoms with van der Waals surface area (Å²) in [5.41, 5.74) is 8.40. The maximum atomic E-state index is 14.1. The molecule has 4 aromatic carbocycles. The van der Waals surface area contributed by atoms with Crippen molar-refractivity contribution in [3.05, 3.63) is 115 Å². The summed E-state index contributed by atoms with van der Waals surface area (Å²) in [7, 11) is 3.27. The van der Waals surface area contributed by atoms with Crippen LogP contribution in [0.15, 0.2) is 109 Å². The van der Waals surface area contributed by atoms with Gasteiger partial charge in [-0.2, -0.15) is 0 Å². The summed E-state index contributed by atoms with van der Waals surface area (Å²) in [6.45, 7) is 0.888. The number of aryl methyl sites for hydroxylation is 1. The Bertz CT molecular complexity index is 1610. The average molecular weight is 594 g/mol. The molecule has 4 rings (SSSR count). The van der Waals surface area contributed by atoms with Gasteiger partial charge in [-0.05, 0) is 61.0 Å². The maximum Gasteiger partial charge on any atom is 0.329 e. The fraction of sp³-hybridized carbons (Fsp3) is 0.176. The molecule has 10 heteroatoms. The highest BCUT2D eigenvalue weighted by atomic mass is 16.5. The number of benzene rings is 4. The van der Waals surface area contributed by atoms with E-state index in [0.717, 1.165) is 5.56 Å². The minimum Gasteiger partial charge on any atom is -0.484 e. The van der Waals surface area contributed by atoms with Crippen LogP contribution in [0.3, 0.4) is 0 Å². The van der Waals surface area contributed by atoms with Gasteiger partial charge < -0.3 is 20.3 Å². The van der Waals surface area contributed by atoms with Gasteiger partial charge in [-0.3, -0.25) is 24.2 Å². The lowest BCUT2D eigenvalue weighted by Gasteiger charge is -2.31. The Kier molecular flexibility index (Phi) is 10.3. The highest BCUT2D eigenvalue weighted by molar-refractivity contribution is 6.10. The van der Waals surface area contributed by atoms with Gasteiger partial charge in [0.2, 0.25) is 11.8 Å². The van der Waals surface area contributed by atoms with Crippen molar-refractivity contribution >= 4 is 46.5 Å². The number of hydrogen-bond acceptors (Lipinski definition) is 5. The first-order valence-corrected chi connectivity index (χ1v) is 13.9. The highest BCUT2D eigenvalue weighted by Gasteiger charge is 2.29. The van der Waals surface area contributed by atoms with Gasteiger partial charge in [0.15, 0.2) is 6.61 Å². The maximum absolute atomic E-state index is 14.1. The normalized spacial score (nSPS) is 10.4. The van der Waals surface area contributed by atoms with E-state index in [-0.39, 0.29) is 31.4 Å². The van der Waals surface area contributed by atoms with E-state index in [2.05, 4.69) is 0 Å². The molecule has 0 aliphatic rings. The molecule has 0 aromatic heterocycles. The van der Waals surface area contributed by atoms with Crippen molar-refractivity contribution in [3.8, 4) is 5.75 Å². The van der Waals surface area contributed by atoms with Gasteiger partial charge in [-0.1, -0.05) is 54.6 Å². The molecule has 0 saturated heterocycles. The summed E-state index contributed by atoms with van der Waals surface area (Å²) in [6, 6.07) is 31.4. The molecule has 0 aliphatic heterocycles. The number of hydrogen-bond donors (Lipinski definition) is 1. The molecule has 5 amide bonds. The van der Waals surface area contributed by atoms with Gasteiger partial charge in [0.05, 0.1) is 0 Å². The molecule has 0 aliphatic carbocycles. The number of anilines is 4. The van der Waals surface area contributed by atoms with E-state index in [9.17, 15) is 19.2 Å². The largest absolute Gasteiger partial charge is 0.484 e. The SMILES string of the molecule is Cc1cccc(N(C)C(=O)N(CC(=O)N(CC(=O)N(C)c2ccccc2)c2cccc(OCC(N)=O)c2)c2ccccc2)c1. The first kappa shape index (κ1) is 31.3. The molecule has 10 nitrogen and oxygen atoms in total. The Morgan fingerprint density at radius 3 is 1.82 bits per heavy atom. The zero-order valence-electron chi connectivity index (χ0n) is 24.9. The van der Waals surface area contributed by atoms with Crippen molar-refractivity contribution < 1.29 is 23.9 Å². The topological polar surface area (TPSA) is 116 Å². The average Bonchev–Trinajstić information content (AvgIpc) is 3.04. The van der Waals surface area contributed by atoms with Crippen LogP contribution in [0.4, 0.5) is 27.5 Å². The number of carbonyl (C=O) groups is 4. The first-order valence-electron chi connectivity index (χ1n) is 13.9. The van der Waals surface area contributed by atoms with Crippen LogP contribution in [0.1, 0.15) is 5.56 Å². The smallest absolute Gasteiger partial charge is 0.329 e. The Hall–Kier alpha value is -5.64. The van der Waals surface area contributed by atoms with Crippen LogP contribution in [0.5, 0.6) is 5.75 Å². The summed E-state index contributed by atoms with van der Waals surface area (Å²) in [4.78, 5) is 58.5. The molecule has 0 atom stereocenters. The van der Waals surface area contributed by atoms with E-state index in [1.807, 2.05) is 55.5 Å². The van der Waals surface area contributed by atoms with Crippen molar-refractivity contribution in [2.45, 2.75) is 6.92 Å². The number of nitrogens with two attached hydrogens (primary N) is 1. The molecule has 44 heavy (non-hydrogen) atoms. The van der Waals surface area contributed by atoms with Crippen LogP contribution >= 0.6 is 0 Å². The minimum absolute atomic E-state index is 0.290. The number of urea groups is 1. The van der Waals surface area contributed by atoms with Gasteiger partial charge in [0.25, 0.3) is 5.91 Å². The van der Waals surface area contributed by atoms with E-state index in [1.54, 1.807) is 74.8 Å². The third-order valence-electron chi connectivity index (χ3n) is 6.89. The van der Waals surface area contributed by atoms with Crippen LogP contribution < -0.4 is 30.1 Å². The second kappa shape index (κ2) is 14.5. The molecule has 2 N–H and O–H groups in total. The fourth-order valence-electron chi connectivity index (χ4n) is 4.48. The molecule has 226 valence electrons. The summed E-state index contributed by atoms with van der Waals surface area (Å²) < 4.78 is 5.46. The number of nitrogens with zero attached hydrogens (tertiary/aromatic N) is 4. The summed E-state index contributed by atoms with van der Waals surface area (Å²) in [6.07, 6.45) is 0. The lowest BCUT2D eigenvalue weighted by Crippen LogP contribution is -2.50. The van der Waals surface area contributed by atoms with Crippen molar-refractivity contribution in [1.82, 2.24) is 0 Å². The van der Waals surface area contributed by atoms with Crippen LogP contribution in [0.25, 0.3) is 0 Å². The van der Waals surface area contributed by atoms with Gasteiger partial charge in [-0.25, -0.2) is 4.79 Å². The molecule has 0 saturated carbocycles. The minimum atomic E-state index is -0.655. The molecule has 4 aromatic rings. The lowest BCUT2D eigenvalue weighted by molar-refractivity contribution is -0.121. The monoisotopic (exact) mass is 593 g/mol. The van der Waals surface area contributed by atoms with E-state index in [0.29, 0.717) is 22.7 Å². The second-order valence-corrected chi connectivity index (χ2v) is 10.1. The lowest BCUT2D eigenvalue weighted by atomic mass is 10.2. The Labute approximate surface area is 256 Å². The van der Waals surface area contributed by atoms with Crippen molar-refractivity contribution in [1.29, 1.82) is 0 Å². The number of likely N-dealkylation sites (N-methyl/N-ethyl adjacent to an activating group) is 1. The molecule has 0 spiro atoms. The number of ether oxygens (including phenoxy) is 1. The predicted molar refractivity (Wildman–Crippen MR) is 172 cm³/mol. The van der Waals surface area contributed by atoms with Gasteiger partial charge in [0.1, 0.15) is 18.8 Å². The van der Waals surface area contributed by atoms with Crippen LogP contribution in [0.2, 0.25) is 0 Å². The van der Waals surface area contributed by atoms with Crippen LogP contribution in [-0.4, -0.2) is 57.5 Å². The first-order chi connectivity index (χ1) is 21.1. The van der Waals surface area contributed by atoms with Gasteiger partial charge in [0, 0.05) is 42.9 Å². The Morgan fingerprint density at radius 2 is 1.18 bits per heavy atom. The molecule has 0 heterocycles. The van der Waals surface area contributed by atoms with E-state index >= 15 is 0 Å². The van der Waals surface area contributed by atoms with Gasteiger partial charge >= 0.3 is 6.03 Å². The number of para-hydroxylation sites is 2. The molecule has 0 radical (unpaired) electrons. The van der Waals surface area contributed by atoms with Crippen molar-refractivity contribution in [2.24, 2.45) is 5.73 Å². The van der Waals surface area contributed by atoms with E-state index in [4.69, 9.17) is 10.5 Å². The molecule has 0 unspecified atom stereocenters. The summed E-state index contributed by atoms with van der Waals surface area (Å²) in [5, 5.41) is 0. The van der Waals surface area contributed by atoms with E-state index < -0.39 is 17.8 Å². The number of primary amides is 1. The Balaban J connectivity index is 1.68. The fourth-order valence-corrected chi connectivity index (χ4v) is 4.48. The summed E-state index contributed by atoms with van der Waals surface area (Å²) >= 11 is 0. The zero-order valence-corrected chi connectivity index (χ0v) is 24.9. The van der Waals surface area contributed by atoms with Crippen LogP contribution in [-0.2, 0) is 14.4 Å². The van der Waals surface area contributed by atoms with Crippen molar-refractivity contribution in [2.75, 3.05) is 53.4 Å². The van der Waals surface area contributed by atoms with E-state index in [1.165, 1.54) is 19.6 Å². The molecular weight excluding hydrogens is 558 g/mol. The summed E-state index contributed by atoms with van der Waals surface area (Å²) in [5.74, 6) is -1.24. The van der Waals surface area contributed by atoms with Crippen molar-refractivity contribution in [3.63, 3.8) is 0 Å². The van der Waals surface area contributed by atoms with Crippen LogP contribution in [0, 0.1) is 6.92 Å². The molecule has 0 bridgehead atoms. The number of amides is 5. The quantitative estimate of drug-likeness (QED) is 0.273. The molecular formula is C34H35N5O5. The number of rotatable bonds is 11. The second-order valence-electron chi connectivity index (χ2n) is 10.1. The molecule has 0 fully saturated rings. The number of carbonyl (C=O) groups excluding carboxylic acids is 4. The third kappa shape index (κ3) is 8.01. The predicted octanol–water partition coefficient (Wildman–Crippen LogP) is 4.62.